The zero-order valence-corrected chi connectivity index (χ0v) is 10.6. The van der Waals surface area contributed by atoms with Crippen molar-refractivity contribution in [3.63, 3.8) is 0 Å². The molecule has 1 fully saturated rings. The molecule has 1 aliphatic rings. The fourth-order valence-electron chi connectivity index (χ4n) is 1.94. The van der Waals surface area contributed by atoms with E-state index >= 15 is 0 Å². The van der Waals surface area contributed by atoms with Gasteiger partial charge in [-0.25, -0.2) is 13.1 Å². The number of nitrogens with two attached hydrogens (primary N) is 1. The average Bonchev–Trinajstić information content (AvgIpc) is 2.26. The maximum Gasteiger partial charge on any atom is 0.320 e. The Morgan fingerprint density at radius 2 is 1.94 bits per heavy atom. The van der Waals surface area contributed by atoms with E-state index in [2.05, 4.69) is 4.72 Å². The molecule has 7 heteroatoms. The number of hydrogen-bond acceptors (Lipinski definition) is 4. The molecule has 0 heterocycles. The number of carbonyl (C=O) groups is 1. The molecular formula is C10H20N2O4S. The van der Waals surface area contributed by atoms with Crippen molar-refractivity contribution in [3.8, 4) is 0 Å². The van der Waals surface area contributed by atoms with Crippen LogP contribution in [-0.4, -0.2) is 37.3 Å². The summed E-state index contributed by atoms with van der Waals surface area (Å²) in [6.45, 7) is 0. The van der Waals surface area contributed by atoms with Crippen molar-refractivity contribution in [3.05, 3.63) is 0 Å². The lowest BCUT2D eigenvalue weighted by molar-refractivity contribution is -0.138. The molecule has 0 aromatic carbocycles. The largest absolute Gasteiger partial charge is 0.480 e. The quantitative estimate of drug-likeness (QED) is 0.627. The van der Waals surface area contributed by atoms with Crippen molar-refractivity contribution in [2.24, 2.45) is 5.73 Å². The first-order valence-corrected chi connectivity index (χ1v) is 7.54. The van der Waals surface area contributed by atoms with Gasteiger partial charge in [0.2, 0.25) is 10.0 Å². The summed E-state index contributed by atoms with van der Waals surface area (Å²) in [5.41, 5.74) is 5.27. The van der Waals surface area contributed by atoms with Crippen molar-refractivity contribution in [2.45, 2.75) is 50.6 Å². The van der Waals surface area contributed by atoms with Crippen LogP contribution in [-0.2, 0) is 14.8 Å². The first kappa shape index (κ1) is 14.4. The fourth-order valence-corrected chi connectivity index (χ4v) is 3.36. The maximum atomic E-state index is 11.7. The molecule has 100 valence electrons. The number of rotatable bonds is 6. The van der Waals surface area contributed by atoms with Gasteiger partial charge >= 0.3 is 5.97 Å². The van der Waals surface area contributed by atoms with E-state index in [0.29, 0.717) is 0 Å². The van der Waals surface area contributed by atoms with Crippen LogP contribution in [0, 0.1) is 0 Å². The molecule has 0 bridgehead atoms. The Labute approximate surface area is 102 Å². The zero-order chi connectivity index (χ0) is 12.9. The van der Waals surface area contributed by atoms with Crippen LogP contribution in [0.4, 0.5) is 0 Å². The third-order valence-electron chi connectivity index (χ3n) is 2.97. The molecule has 0 saturated heterocycles. The summed E-state index contributed by atoms with van der Waals surface area (Å²) >= 11 is 0. The van der Waals surface area contributed by atoms with E-state index in [0.717, 1.165) is 32.1 Å². The van der Waals surface area contributed by atoms with Gasteiger partial charge in [0, 0.05) is 6.04 Å². The van der Waals surface area contributed by atoms with Gasteiger partial charge in [-0.05, 0) is 19.3 Å². The number of carboxylic acid groups (broad SMARTS) is 1. The monoisotopic (exact) mass is 264 g/mol. The van der Waals surface area contributed by atoms with E-state index in [1.807, 2.05) is 0 Å². The van der Waals surface area contributed by atoms with Gasteiger partial charge < -0.3 is 10.8 Å². The van der Waals surface area contributed by atoms with Crippen LogP contribution in [0.15, 0.2) is 0 Å². The lowest BCUT2D eigenvalue weighted by atomic mass is 9.96. The van der Waals surface area contributed by atoms with Crippen molar-refractivity contribution in [2.75, 3.05) is 5.75 Å². The summed E-state index contributed by atoms with van der Waals surface area (Å²) in [6, 6.07) is -1.10. The van der Waals surface area contributed by atoms with Gasteiger partial charge in [-0.2, -0.15) is 0 Å². The zero-order valence-electron chi connectivity index (χ0n) is 9.76. The first-order chi connectivity index (χ1) is 7.91. The van der Waals surface area contributed by atoms with Crippen molar-refractivity contribution < 1.29 is 18.3 Å². The predicted molar refractivity (Wildman–Crippen MR) is 64.0 cm³/mol. The minimum Gasteiger partial charge on any atom is -0.480 e. The molecule has 1 atom stereocenters. The van der Waals surface area contributed by atoms with Gasteiger partial charge in [-0.15, -0.1) is 0 Å². The van der Waals surface area contributed by atoms with Crippen LogP contribution in [0.5, 0.6) is 0 Å². The second-order valence-corrected chi connectivity index (χ2v) is 6.38. The molecule has 0 radical (unpaired) electrons. The van der Waals surface area contributed by atoms with E-state index in [-0.39, 0.29) is 18.2 Å². The maximum absolute atomic E-state index is 11.7. The molecule has 0 aromatic heterocycles. The standard InChI is InChI=1S/C10H20N2O4S/c11-9(10(13)14)6-7-17(15,16)12-8-4-2-1-3-5-8/h8-9,12H,1-7,11H2,(H,13,14). The molecule has 1 aliphatic carbocycles. The molecule has 0 amide bonds. The molecule has 6 nitrogen and oxygen atoms in total. The lowest BCUT2D eigenvalue weighted by Crippen LogP contribution is -2.40. The smallest absolute Gasteiger partial charge is 0.320 e. The van der Waals surface area contributed by atoms with Crippen LogP contribution >= 0.6 is 0 Å². The number of carboxylic acids is 1. The highest BCUT2D eigenvalue weighted by Gasteiger charge is 2.22. The Hall–Kier alpha value is -0.660. The van der Waals surface area contributed by atoms with Crippen molar-refractivity contribution in [1.29, 1.82) is 0 Å². The topological polar surface area (TPSA) is 109 Å². The number of nitrogens with one attached hydrogen (secondary N) is 1. The summed E-state index contributed by atoms with van der Waals surface area (Å²) < 4.78 is 25.9. The second kappa shape index (κ2) is 6.32. The Balaban J connectivity index is 2.37. The Bertz CT molecular complexity index is 349. The molecule has 0 spiro atoms. The van der Waals surface area contributed by atoms with Gasteiger partial charge in [0.1, 0.15) is 6.04 Å². The van der Waals surface area contributed by atoms with Gasteiger partial charge in [-0.3, -0.25) is 4.79 Å². The predicted octanol–water partition coefficient (Wildman–Crippen LogP) is 0.0405. The van der Waals surface area contributed by atoms with Crippen LogP contribution < -0.4 is 10.5 Å². The van der Waals surface area contributed by atoms with Gasteiger partial charge in [0.25, 0.3) is 0 Å². The molecular weight excluding hydrogens is 244 g/mol. The van der Waals surface area contributed by atoms with Gasteiger partial charge in [-0.1, -0.05) is 19.3 Å². The minimum absolute atomic E-state index is 0.00908. The normalized spacial score (nSPS) is 20.1. The number of sulfonamides is 1. The molecule has 1 unspecified atom stereocenters. The van der Waals surface area contributed by atoms with Gasteiger partial charge in [0.15, 0.2) is 0 Å². The molecule has 0 aromatic rings. The molecule has 4 N–H and O–H groups in total. The Kier molecular flexibility index (Phi) is 5.35. The van der Waals surface area contributed by atoms with E-state index in [1.54, 1.807) is 0 Å². The van der Waals surface area contributed by atoms with Gasteiger partial charge in [0.05, 0.1) is 5.75 Å². The number of hydrogen-bond donors (Lipinski definition) is 3. The first-order valence-electron chi connectivity index (χ1n) is 5.89. The van der Waals surface area contributed by atoms with Crippen molar-refractivity contribution >= 4 is 16.0 Å². The SMILES string of the molecule is NC(CCS(=O)(=O)NC1CCCCC1)C(=O)O. The molecule has 1 rings (SSSR count). The summed E-state index contributed by atoms with van der Waals surface area (Å²) in [5, 5.41) is 8.56. The van der Waals surface area contributed by atoms with Crippen molar-refractivity contribution in [1.82, 2.24) is 4.72 Å². The lowest BCUT2D eigenvalue weighted by Gasteiger charge is -2.22. The fraction of sp³-hybridized carbons (Fsp3) is 0.900. The summed E-state index contributed by atoms with van der Waals surface area (Å²) in [7, 11) is -3.40. The van der Waals surface area contributed by atoms with Crippen LogP contribution in [0.2, 0.25) is 0 Å². The third kappa shape index (κ3) is 5.47. The highest BCUT2D eigenvalue weighted by molar-refractivity contribution is 7.89. The van der Waals surface area contributed by atoms with E-state index in [4.69, 9.17) is 10.8 Å². The summed E-state index contributed by atoms with van der Waals surface area (Å²) in [6.07, 6.45) is 4.91. The van der Waals surface area contributed by atoms with Crippen LogP contribution in [0.25, 0.3) is 0 Å². The van der Waals surface area contributed by atoms with Crippen LogP contribution in [0.1, 0.15) is 38.5 Å². The van der Waals surface area contributed by atoms with Crippen LogP contribution in [0.3, 0.4) is 0 Å². The second-order valence-electron chi connectivity index (χ2n) is 4.51. The highest BCUT2D eigenvalue weighted by atomic mass is 32.2. The van der Waals surface area contributed by atoms with E-state index in [9.17, 15) is 13.2 Å². The average molecular weight is 264 g/mol. The minimum atomic E-state index is -3.40. The van der Waals surface area contributed by atoms with E-state index < -0.39 is 22.0 Å². The highest BCUT2D eigenvalue weighted by Crippen LogP contribution is 2.18. The Morgan fingerprint density at radius 3 is 2.47 bits per heavy atom. The number of aliphatic carboxylic acids is 1. The molecule has 1 saturated carbocycles. The molecule has 17 heavy (non-hydrogen) atoms. The summed E-state index contributed by atoms with van der Waals surface area (Å²) in [4.78, 5) is 10.5. The molecule has 0 aliphatic heterocycles. The summed E-state index contributed by atoms with van der Waals surface area (Å²) in [5.74, 6) is -1.39. The third-order valence-corrected chi connectivity index (χ3v) is 4.43. The Morgan fingerprint density at radius 1 is 1.35 bits per heavy atom. The van der Waals surface area contributed by atoms with E-state index in [1.165, 1.54) is 0 Å².